The van der Waals surface area contributed by atoms with Gasteiger partial charge in [0.05, 0.1) is 16.4 Å². The Morgan fingerprint density at radius 2 is 2.00 bits per heavy atom. The molecule has 17 heavy (non-hydrogen) atoms. The monoisotopic (exact) mass is 244 g/mol. The maximum atomic E-state index is 5.41. The Bertz CT molecular complexity index is 697. The number of aryl methyl sites for hydroxylation is 3. The van der Waals surface area contributed by atoms with Crippen LogP contribution in [0.1, 0.15) is 15.6 Å². The van der Waals surface area contributed by atoms with Crippen LogP contribution in [0.4, 0.5) is 0 Å². The molecule has 3 nitrogen and oxygen atoms in total. The second kappa shape index (κ2) is 3.67. The molecule has 0 aliphatic rings. The fraction of sp³-hybridized carbons (Fsp3) is 0.231. The van der Waals surface area contributed by atoms with E-state index in [1.165, 1.54) is 4.88 Å². The van der Waals surface area contributed by atoms with Crippen LogP contribution < -0.4 is 0 Å². The average Bonchev–Trinajstić information content (AvgIpc) is 2.83. The zero-order valence-electron chi connectivity index (χ0n) is 9.94. The van der Waals surface area contributed by atoms with Crippen molar-refractivity contribution in [2.75, 3.05) is 0 Å². The largest absolute Gasteiger partial charge is 0.355 e. The van der Waals surface area contributed by atoms with Crippen LogP contribution in [0.15, 0.2) is 22.7 Å². The predicted molar refractivity (Wildman–Crippen MR) is 69.3 cm³/mol. The molecule has 0 unspecified atom stereocenters. The maximum absolute atomic E-state index is 5.41. The standard InChI is InChI=1S/C13H12N2OS/c1-7-10-5-4-6-11(13(10)16-15-7)12-8(2)17-9(3)14-12/h4-6H,1-3H3. The highest BCUT2D eigenvalue weighted by atomic mass is 32.1. The number of benzene rings is 1. The lowest BCUT2D eigenvalue weighted by atomic mass is 10.1. The van der Waals surface area contributed by atoms with Crippen molar-refractivity contribution >= 4 is 22.3 Å². The molecule has 0 aliphatic heterocycles. The highest BCUT2D eigenvalue weighted by Gasteiger charge is 2.14. The summed E-state index contributed by atoms with van der Waals surface area (Å²) in [5, 5.41) is 6.16. The molecular formula is C13H12N2OS. The van der Waals surface area contributed by atoms with Gasteiger partial charge in [0, 0.05) is 15.8 Å². The van der Waals surface area contributed by atoms with Gasteiger partial charge in [-0.25, -0.2) is 4.98 Å². The zero-order valence-corrected chi connectivity index (χ0v) is 10.8. The van der Waals surface area contributed by atoms with Crippen LogP contribution in [-0.4, -0.2) is 10.1 Å². The van der Waals surface area contributed by atoms with Gasteiger partial charge in [0.15, 0.2) is 5.58 Å². The summed E-state index contributed by atoms with van der Waals surface area (Å²) in [6, 6.07) is 6.09. The molecule has 86 valence electrons. The lowest BCUT2D eigenvalue weighted by molar-refractivity contribution is 0.451. The number of nitrogens with zero attached hydrogens (tertiary/aromatic N) is 2. The Morgan fingerprint density at radius 3 is 2.71 bits per heavy atom. The lowest BCUT2D eigenvalue weighted by Gasteiger charge is -1.98. The van der Waals surface area contributed by atoms with Crippen LogP contribution >= 0.6 is 11.3 Å². The summed E-state index contributed by atoms with van der Waals surface area (Å²) in [6.07, 6.45) is 0. The van der Waals surface area contributed by atoms with Gasteiger partial charge < -0.3 is 4.52 Å². The normalized spacial score (nSPS) is 11.2. The molecule has 0 aliphatic carbocycles. The fourth-order valence-electron chi connectivity index (χ4n) is 2.05. The van der Waals surface area contributed by atoms with Crippen LogP contribution in [-0.2, 0) is 0 Å². The molecule has 3 rings (SSSR count). The van der Waals surface area contributed by atoms with Gasteiger partial charge in [0.25, 0.3) is 0 Å². The lowest BCUT2D eigenvalue weighted by Crippen LogP contribution is -1.82. The van der Waals surface area contributed by atoms with E-state index in [0.29, 0.717) is 0 Å². The molecule has 2 heterocycles. The number of fused-ring (bicyclic) bond motifs is 1. The Labute approximate surface area is 103 Å². The first kappa shape index (κ1) is 10.5. The smallest absolute Gasteiger partial charge is 0.176 e. The first-order valence-corrected chi connectivity index (χ1v) is 6.28. The Hall–Kier alpha value is -1.68. The van der Waals surface area contributed by atoms with Crippen LogP contribution in [0.2, 0.25) is 0 Å². The van der Waals surface area contributed by atoms with E-state index in [4.69, 9.17) is 4.52 Å². The van der Waals surface area contributed by atoms with E-state index < -0.39 is 0 Å². The Morgan fingerprint density at radius 1 is 1.18 bits per heavy atom. The average molecular weight is 244 g/mol. The molecule has 0 saturated carbocycles. The van der Waals surface area contributed by atoms with Crippen molar-refractivity contribution in [3.8, 4) is 11.3 Å². The van der Waals surface area contributed by atoms with E-state index in [1.807, 2.05) is 32.0 Å². The minimum Gasteiger partial charge on any atom is -0.355 e. The summed E-state index contributed by atoms with van der Waals surface area (Å²) in [5.74, 6) is 0. The van der Waals surface area contributed by atoms with E-state index in [-0.39, 0.29) is 0 Å². The molecule has 0 fully saturated rings. The molecule has 0 amide bonds. The Balaban J connectivity index is 2.34. The van der Waals surface area contributed by atoms with Gasteiger partial charge in [-0.2, -0.15) is 0 Å². The van der Waals surface area contributed by atoms with Gasteiger partial charge in [-0.05, 0) is 32.9 Å². The summed E-state index contributed by atoms with van der Waals surface area (Å²) in [6.45, 7) is 6.06. The van der Waals surface area contributed by atoms with Gasteiger partial charge in [0.1, 0.15) is 0 Å². The number of thiazole rings is 1. The minimum absolute atomic E-state index is 0.832. The topological polar surface area (TPSA) is 38.9 Å². The van der Waals surface area contributed by atoms with Crippen LogP contribution in [0, 0.1) is 20.8 Å². The highest BCUT2D eigenvalue weighted by molar-refractivity contribution is 7.11. The number of hydrogen-bond donors (Lipinski definition) is 0. The molecule has 0 bridgehead atoms. The quantitative estimate of drug-likeness (QED) is 0.652. The molecular weight excluding hydrogens is 232 g/mol. The minimum atomic E-state index is 0.832. The molecule has 1 aromatic carbocycles. The van der Waals surface area contributed by atoms with Gasteiger partial charge in [-0.15, -0.1) is 11.3 Å². The van der Waals surface area contributed by atoms with E-state index in [9.17, 15) is 0 Å². The van der Waals surface area contributed by atoms with Gasteiger partial charge in [-0.1, -0.05) is 11.2 Å². The first-order chi connectivity index (χ1) is 8.16. The van der Waals surface area contributed by atoms with Crippen molar-refractivity contribution in [2.45, 2.75) is 20.8 Å². The zero-order chi connectivity index (χ0) is 12.0. The van der Waals surface area contributed by atoms with E-state index in [0.717, 1.165) is 32.9 Å². The SMILES string of the molecule is Cc1nc(-c2cccc3c(C)noc23)c(C)s1. The second-order valence-electron chi connectivity index (χ2n) is 4.09. The highest BCUT2D eigenvalue weighted by Crippen LogP contribution is 2.33. The van der Waals surface area contributed by atoms with E-state index in [1.54, 1.807) is 11.3 Å². The molecule has 0 atom stereocenters. The van der Waals surface area contributed by atoms with Gasteiger partial charge in [0.2, 0.25) is 0 Å². The molecule has 0 radical (unpaired) electrons. The molecule has 0 saturated heterocycles. The number of para-hydroxylation sites is 1. The third-order valence-electron chi connectivity index (χ3n) is 2.84. The second-order valence-corrected chi connectivity index (χ2v) is 5.50. The van der Waals surface area contributed by atoms with Crippen molar-refractivity contribution in [2.24, 2.45) is 0 Å². The molecule has 0 spiro atoms. The molecule has 4 heteroatoms. The maximum Gasteiger partial charge on any atom is 0.176 e. The summed E-state index contributed by atoms with van der Waals surface area (Å²) in [7, 11) is 0. The van der Waals surface area contributed by atoms with Crippen LogP contribution in [0.3, 0.4) is 0 Å². The van der Waals surface area contributed by atoms with E-state index in [2.05, 4.69) is 17.1 Å². The summed E-state index contributed by atoms with van der Waals surface area (Å²) >= 11 is 1.71. The number of aromatic nitrogens is 2. The number of rotatable bonds is 1. The number of hydrogen-bond acceptors (Lipinski definition) is 4. The van der Waals surface area contributed by atoms with Crippen LogP contribution in [0.25, 0.3) is 22.2 Å². The van der Waals surface area contributed by atoms with Crippen molar-refractivity contribution < 1.29 is 4.52 Å². The third-order valence-corrected chi connectivity index (χ3v) is 3.72. The van der Waals surface area contributed by atoms with Gasteiger partial charge >= 0.3 is 0 Å². The molecule has 0 N–H and O–H groups in total. The Kier molecular flexibility index (Phi) is 2.26. The summed E-state index contributed by atoms with van der Waals surface area (Å²) < 4.78 is 5.41. The third kappa shape index (κ3) is 1.56. The van der Waals surface area contributed by atoms with Gasteiger partial charge in [-0.3, -0.25) is 0 Å². The summed E-state index contributed by atoms with van der Waals surface area (Å²) in [4.78, 5) is 5.78. The fourth-order valence-corrected chi connectivity index (χ4v) is 2.88. The predicted octanol–water partition coefficient (Wildman–Crippen LogP) is 3.88. The molecule has 3 aromatic rings. The van der Waals surface area contributed by atoms with Crippen molar-refractivity contribution in [3.05, 3.63) is 33.8 Å². The van der Waals surface area contributed by atoms with Crippen molar-refractivity contribution in [1.82, 2.24) is 10.1 Å². The van der Waals surface area contributed by atoms with Crippen LogP contribution in [0.5, 0.6) is 0 Å². The van der Waals surface area contributed by atoms with Crippen molar-refractivity contribution in [1.29, 1.82) is 0 Å². The van der Waals surface area contributed by atoms with E-state index >= 15 is 0 Å². The molecule has 2 aromatic heterocycles. The summed E-state index contributed by atoms with van der Waals surface area (Å²) in [5.41, 5.74) is 3.80. The van der Waals surface area contributed by atoms with Crippen molar-refractivity contribution in [3.63, 3.8) is 0 Å². The first-order valence-electron chi connectivity index (χ1n) is 5.46.